The van der Waals surface area contributed by atoms with Crippen molar-refractivity contribution in [3.63, 3.8) is 0 Å². The van der Waals surface area contributed by atoms with Crippen LogP contribution >= 0.6 is 0 Å². The van der Waals surface area contributed by atoms with E-state index in [2.05, 4.69) is 4.74 Å². The summed E-state index contributed by atoms with van der Waals surface area (Å²) in [6, 6.07) is 2.89. The van der Waals surface area contributed by atoms with Gasteiger partial charge in [-0.05, 0) is 17.7 Å². The summed E-state index contributed by atoms with van der Waals surface area (Å²) in [6.45, 7) is 0. The standard InChI is InChI=1S/C11H8F4O2/c1-17-9(16)6-5-7-3-2-4-8(12)10(7)11(13,14)15/h2-6H,1H3. The van der Waals surface area contributed by atoms with Crippen LogP contribution in [0.4, 0.5) is 17.6 Å². The Morgan fingerprint density at radius 3 is 2.53 bits per heavy atom. The third-order valence-corrected chi connectivity index (χ3v) is 1.93. The average molecular weight is 248 g/mol. The van der Waals surface area contributed by atoms with Gasteiger partial charge in [-0.3, -0.25) is 0 Å². The molecule has 0 amide bonds. The topological polar surface area (TPSA) is 26.3 Å². The molecule has 0 aliphatic carbocycles. The molecule has 1 aromatic carbocycles. The number of carbonyl (C=O) groups is 1. The lowest BCUT2D eigenvalue weighted by Crippen LogP contribution is -2.10. The van der Waals surface area contributed by atoms with Crippen molar-refractivity contribution >= 4 is 12.0 Å². The van der Waals surface area contributed by atoms with E-state index in [1.165, 1.54) is 0 Å². The van der Waals surface area contributed by atoms with E-state index in [1.807, 2.05) is 0 Å². The number of methoxy groups -OCH3 is 1. The highest BCUT2D eigenvalue weighted by Crippen LogP contribution is 2.34. The fourth-order valence-electron chi connectivity index (χ4n) is 1.20. The molecule has 0 saturated carbocycles. The molecular formula is C11H8F4O2. The number of ether oxygens (including phenoxy) is 1. The maximum absolute atomic E-state index is 13.1. The van der Waals surface area contributed by atoms with Crippen LogP contribution in [0.25, 0.3) is 6.08 Å². The van der Waals surface area contributed by atoms with Crippen LogP contribution in [0.1, 0.15) is 11.1 Å². The van der Waals surface area contributed by atoms with Gasteiger partial charge in [0.2, 0.25) is 0 Å². The summed E-state index contributed by atoms with van der Waals surface area (Å²) in [5.41, 5.74) is -1.83. The molecule has 1 aromatic rings. The van der Waals surface area contributed by atoms with Crippen molar-refractivity contribution < 1.29 is 27.1 Å². The molecule has 0 aliphatic heterocycles. The first kappa shape index (κ1) is 13.2. The molecule has 0 aromatic heterocycles. The second-order valence-corrected chi connectivity index (χ2v) is 3.06. The lowest BCUT2D eigenvalue weighted by Gasteiger charge is -2.10. The van der Waals surface area contributed by atoms with E-state index in [-0.39, 0.29) is 0 Å². The zero-order valence-electron chi connectivity index (χ0n) is 8.72. The van der Waals surface area contributed by atoms with Crippen molar-refractivity contribution in [3.8, 4) is 0 Å². The van der Waals surface area contributed by atoms with Gasteiger partial charge in [-0.15, -0.1) is 0 Å². The fraction of sp³-hybridized carbons (Fsp3) is 0.182. The van der Waals surface area contributed by atoms with Crippen molar-refractivity contribution in [2.75, 3.05) is 7.11 Å². The van der Waals surface area contributed by atoms with E-state index < -0.39 is 29.1 Å². The molecule has 0 spiro atoms. The van der Waals surface area contributed by atoms with E-state index in [4.69, 9.17) is 0 Å². The first-order valence-electron chi connectivity index (χ1n) is 4.48. The van der Waals surface area contributed by atoms with E-state index in [0.29, 0.717) is 6.07 Å². The van der Waals surface area contributed by atoms with Crippen LogP contribution in [0, 0.1) is 5.82 Å². The first-order valence-corrected chi connectivity index (χ1v) is 4.48. The van der Waals surface area contributed by atoms with Gasteiger partial charge in [0.15, 0.2) is 0 Å². The SMILES string of the molecule is COC(=O)C=Cc1cccc(F)c1C(F)(F)F. The molecule has 0 atom stereocenters. The monoisotopic (exact) mass is 248 g/mol. The quantitative estimate of drug-likeness (QED) is 0.457. The summed E-state index contributed by atoms with van der Waals surface area (Å²) in [6.07, 6.45) is -3.16. The van der Waals surface area contributed by atoms with Gasteiger partial charge >= 0.3 is 12.1 Å². The Labute approximate surface area is 94.5 Å². The molecule has 0 bridgehead atoms. The van der Waals surface area contributed by atoms with Crippen LogP contribution in [0.5, 0.6) is 0 Å². The van der Waals surface area contributed by atoms with Gasteiger partial charge in [0.05, 0.1) is 12.7 Å². The van der Waals surface area contributed by atoms with Crippen molar-refractivity contribution in [1.82, 2.24) is 0 Å². The molecule has 0 radical (unpaired) electrons. The van der Waals surface area contributed by atoms with Crippen LogP contribution < -0.4 is 0 Å². The summed E-state index contributed by atoms with van der Waals surface area (Å²) in [4.78, 5) is 10.7. The van der Waals surface area contributed by atoms with Gasteiger partial charge in [0.1, 0.15) is 5.82 Å². The number of hydrogen-bond acceptors (Lipinski definition) is 2. The van der Waals surface area contributed by atoms with E-state index >= 15 is 0 Å². The normalized spacial score (nSPS) is 11.8. The fourth-order valence-corrected chi connectivity index (χ4v) is 1.20. The van der Waals surface area contributed by atoms with Gasteiger partial charge in [0.25, 0.3) is 0 Å². The first-order chi connectivity index (χ1) is 7.86. The summed E-state index contributed by atoms with van der Waals surface area (Å²) in [7, 11) is 1.09. The van der Waals surface area contributed by atoms with Crippen molar-refractivity contribution in [1.29, 1.82) is 0 Å². The molecular weight excluding hydrogens is 240 g/mol. The molecule has 6 heteroatoms. The van der Waals surface area contributed by atoms with Gasteiger partial charge < -0.3 is 4.74 Å². The minimum absolute atomic E-state index is 0.428. The van der Waals surface area contributed by atoms with Gasteiger partial charge in [-0.25, -0.2) is 9.18 Å². The Hall–Kier alpha value is -1.85. The molecule has 92 valence electrons. The number of esters is 1. The third-order valence-electron chi connectivity index (χ3n) is 1.93. The lowest BCUT2D eigenvalue weighted by atomic mass is 10.1. The molecule has 1 rings (SSSR count). The largest absolute Gasteiger partial charge is 0.466 e. The summed E-state index contributed by atoms with van der Waals surface area (Å²) in [5.74, 6) is -2.20. The van der Waals surface area contributed by atoms with Crippen molar-refractivity contribution in [3.05, 3.63) is 41.2 Å². The highest BCUT2D eigenvalue weighted by atomic mass is 19.4. The maximum Gasteiger partial charge on any atom is 0.419 e. The molecule has 0 N–H and O–H groups in total. The van der Waals surface area contributed by atoms with Crippen LogP contribution in [0.15, 0.2) is 24.3 Å². The average Bonchev–Trinajstić information content (AvgIpc) is 2.24. The second-order valence-electron chi connectivity index (χ2n) is 3.06. The minimum atomic E-state index is -4.82. The molecule has 2 nitrogen and oxygen atoms in total. The Morgan fingerprint density at radius 1 is 1.35 bits per heavy atom. The molecule has 0 aliphatic rings. The molecule has 0 fully saturated rings. The molecule has 0 unspecified atom stereocenters. The van der Waals surface area contributed by atoms with Crippen molar-refractivity contribution in [2.24, 2.45) is 0 Å². The van der Waals surface area contributed by atoms with Gasteiger partial charge in [0, 0.05) is 6.08 Å². The summed E-state index contributed by atoms with van der Waals surface area (Å²) in [5, 5.41) is 0. The number of benzene rings is 1. The van der Waals surface area contributed by atoms with Crippen LogP contribution in [0.3, 0.4) is 0 Å². The van der Waals surface area contributed by atoms with E-state index in [0.717, 1.165) is 31.4 Å². The predicted molar refractivity (Wildman–Crippen MR) is 52.5 cm³/mol. The summed E-state index contributed by atoms with van der Waals surface area (Å²) >= 11 is 0. The zero-order valence-corrected chi connectivity index (χ0v) is 8.72. The highest BCUT2D eigenvalue weighted by molar-refractivity contribution is 5.87. The zero-order chi connectivity index (χ0) is 13.1. The molecule has 17 heavy (non-hydrogen) atoms. The lowest BCUT2D eigenvalue weighted by molar-refractivity contribution is -0.140. The van der Waals surface area contributed by atoms with Crippen molar-refractivity contribution in [2.45, 2.75) is 6.18 Å². The third kappa shape index (κ3) is 3.30. The Morgan fingerprint density at radius 2 is 2.00 bits per heavy atom. The van der Waals surface area contributed by atoms with Gasteiger partial charge in [-0.2, -0.15) is 13.2 Å². The highest BCUT2D eigenvalue weighted by Gasteiger charge is 2.36. The summed E-state index contributed by atoms with van der Waals surface area (Å²) < 4.78 is 54.9. The Balaban J connectivity index is 3.21. The number of hydrogen-bond donors (Lipinski definition) is 0. The van der Waals surface area contributed by atoms with E-state index in [1.54, 1.807) is 0 Å². The Bertz CT molecular complexity index is 449. The van der Waals surface area contributed by atoms with Crippen LogP contribution in [-0.4, -0.2) is 13.1 Å². The van der Waals surface area contributed by atoms with Gasteiger partial charge in [-0.1, -0.05) is 12.1 Å². The molecule has 0 heterocycles. The van der Waals surface area contributed by atoms with E-state index in [9.17, 15) is 22.4 Å². The smallest absolute Gasteiger partial charge is 0.419 e. The second kappa shape index (κ2) is 4.99. The Kier molecular flexibility index (Phi) is 3.88. The number of rotatable bonds is 2. The van der Waals surface area contributed by atoms with Crippen LogP contribution in [0.2, 0.25) is 0 Å². The predicted octanol–water partition coefficient (Wildman–Crippen LogP) is 3.03. The molecule has 0 saturated heterocycles. The number of alkyl halides is 3. The van der Waals surface area contributed by atoms with Crippen LogP contribution in [-0.2, 0) is 15.7 Å². The maximum atomic E-state index is 13.1. The number of carbonyl (C=O) groups excluding carboxylic acids is 1. The number of halogens is 4. The minimum Gasteiger partial charge on any atom is -0.466 e.